The Kier molecular flexibility index (Phi) is 6.45. The Morgan fingerprint density at radius 1 is 1.00 bits per heavy atom. The van der Waals surface area contributed by atoms with E-state index in [1.165, 1.54) is 12.5 Å². The molecule has 0 saturated heterocycles. The minimum atomic E-state index is -0.1000. The number of anilines is 4. The molecule has 2 aromatic carbocycles. The van der Waals surface area contributed by atoms with Gasteiger partial charge in [-0.15, -0.1) is 0 Å². The molecule has 28 heavy (non-hydrogen) atoms. The molecule has 0 aliphatic carbocycles. The summed E-state index contributed by atoms with van der Waals surface area (Å²) in [6.45, 7) is 4.16. The fraction of sp³-hybridized carbons (Fsp3) is 0.190. The highest BCUT2D eigenvalue weighted by Gasteiger charge is 2.04. The lowest BCUT2D eigenvalue weighted by atomic mass is 10.1. The number of benzene rings is 2. The highest BCUT2D eigenvalue weighted by atomic mass is 35.5. The molecule has 1 heterocycles. The second-order valence-electron chi connectivity index (χ2n) is 6.40. The number of hydrogen-bond acceptors (Lipinski definition) is 5. The quantitative estimate of drug-likeness (QED) is 0.535. The van der Waals surface area contributed by atoms with E-state index in [9.17, 15) is 4.79 Å². The van der Waals surface area contributed by atoms with Crippen LogP contribution in [0.3, 0.4) is 0 Å². The van der Waals surface area contributed by atoms with Crippen LogP contribution in [-0.4, -0.2) is 22.4 Å². The summed E-state index contributed by atoms with van der Waals surface area (Å²) in [5.74, 6) is 1.18. The molecular formula is C21H22ClN5O. The Morgan fingerprint density at radius 3 is 2.36 bits per heavy atom. The average molecular weight is 396 g/mol. The lowest BCUT2D eigenvalue weighted by Crippen LogP contribution is -2.09. The smallest absolute Gasteiger partial charge is 0.229 e. The Labute approximate surface area is 169 Å². The average Bonchev–Trinajstić information content (AvgIpc) is 2.64. The molecule has 3 aromatic rings. The number of nitrogens with zero attached hydrogens (tertiary/aromatic N) is 2. The van der Waals surface area contributed by atoms with E-state index in [0.717, 1.165) is 40.9 Å². The third-order valence-electron chi connectivity index (χ3n) is 3.95. The Balaban J connectivity index is 1.60. The normalized spacial score (nSPS) is 10.4. The molecule has 0 aliphatic heterocycles. The van der Waals surface area contributed by atoms with Gasteiger partial charge in [0.15, 0.2) is 0 Å². The fourth-order valence-electron chi connectivity index (χ4n) is 2.67. The first kappa shape index (κ1) is 19.6. The van der Waals surface area contributed by atoms with Crippen molar-refractivity contribution in [2.75, 3.05) is 22.5 Å². The topological polar surface area (TPSA) is 78.9 Å². The molecule has 0 aliphatic rings. The molecular weight excluding hydrogens is 374 g/mol. The van der Waals surface area contributed by atoms with Gasteiger partial charge in [0.1, 0.15) is 5.82 Å². The van der Waals surface area contributed by atoms with Crippen LogP contribution in [0.2, 0.25) is 5.02 Å². The van der Waals surface area contributed by atoms with E-state index in [2.05, 4.69) is 25.9 Å². The molecule has 1 aromatic heterocycles. The van der Waals surface area contributed by atoms with Crippen molar-refractivity contribution in [2.45, 2.75) is 20.3 Å². The summed E-state index contributed by atoms with van der Waals surface area (Å²) in [5, 5.41) is 10.0. The third-order valence-corrected chi connectivity index (χ3v) is 4.20. The number of hydrogen-bond donors (Lipinski definition) is 3. The van der Waals surface area contributed by atoms with Crippen molar-refractivity contribution in [1.82, 2.24) is 9.97 Å². The van der Waals surface area contributed by atoms with Crippen molar-refractivity contribution < 1.29 is 4.79 Å². The lowest BCUT2D eigenvalue weighted by Gasteiger charge is -2.11. The molecule has 6 nitrogen and oxygen atoms in total. The Hall–Kier alpha value is -3.12. The monoisotopic (exact) mass is 395 g/mol. The predicted molar refractivity (Wildman–Crippen MR) is 114 cm³/mol. The summed E-state index contributed by atoms with van der Waals surface area (Å²) in [7, 11) is 0. The molecule has 0 unspecified atom stereocenters. The molecule has 3 rings (SSSR count). The van der Waals surface area contributed by atoms with E-state index < -0.39 is 0 Å². The number of aromatic nitrogens is 2. The standard InChI is InChI=1S/C21H22ClN5O/c1-14-13-20(23-12-11-16-3-5-17(22)6-4-16)27-21(24-14)26-19-9-7-18(8-10-19)25-15(2)28/h3-10,13H,11-12H2,1-2H3,(H,25,28)(H2,23,24,26,27). The molecule has 0 bridgehead atoms. The van der Waals surface area contributed by atoms with Gasteiger partial charge in [-0.1, -0.05) is 23.7 Å². The third kappa shape index (κ3) is 5.96. The minimum Gasteiger partial charge on any atom is -0.370 e. The highest BCUT2D eigenvalue weighted by molar-refractivity contribution is 6.30. The van der Waals surface area contributed by atoms with Gasteiger partial charge in [-0.3, -0.25) is 4.79 Å². The lowest BCUT2D eigenvalue weighted by molar-refractivity contribution is -0.114. The molecule has 0 atom stereocenters. The first-order valence-electron chi connectivity index (χ1n) is 8.96. The number of rotatable bonds is 7. The van der Waals surface area contributed by atoms with E-state index in [1.54, 1.807) is 0 Å². The van der Waals surface area contributed by atoms with Crippen LogP contribution >= 0.6 is 11.6 Å². The van der Waals surface area contributed by atoms with E-state index in [-0.39, 0.29) is 5.91 Å². The second kappa shape index (κ2) is 9.19. The molecule has 7 heteroatoms. The van der Waals surface area contributed by atoms with Gasteiger partial charge in [0.05, 0.1) is 0 Å². The van der Waals surface area contributed by atoms with Gasteiger partial charge in [0.25, 0.3) is 0 Å². The van der Waals surface area contributed by atoms with Crippen molar-refractivity contribution >= 4 is 40.6 Å². The number of nitrogens with one attached hydrogen (secondary N) is 3. The van der Waals surface area contributed by atoms with Gasteiger partial charge in [-0.25, -0.2) is 4.98 Å². The van der Waals surface area contributed by atoms with Gasteiger partial charge >= 0.3 is 0 Å². The summed E-state index contributed by atoms with van der Waals surface area (Å²) in [5.41, 5.74) is 3.65. The first-order valence-corrected chi connectivity index (χ1v) is 9.34. The largest absolute Gasteiger partial charge is 0.370 e. The second-order valence-corrected chi connectivity index (χ2v) is 6.84. The molecule has 144 valence electrons. The number of halogens is 1. The van der Waals surface area contributed by atoms with Crippen LogP contribution in [0.1, 0.15) is 18.2 Å². The maximum atomic E-state index is 11.1. The molecule has 0 radical (unpaired) electrons. The van der Waals surface area contributed by atoms with Crippen molar-refractivity contribution in [3.05, 3.63) is 70.9 Å². The van der Waals surface area contributed by atoms with Crippen molar-refractivity contribution in [1.29, 1.82) is 0 Å². The summed E-state index contributed by atoms with van der Waals surface area (Å²) in [6, 6.07) is 17.1. The molecule has 0 spiro atoms. The van der Waals surface area contributed by atoms with E-state index in [0.29, 0.717) is 5.95 Å². The van der Waals surface area contributed by atoms with Gasteiger partial charge in [0, 0.05) is 41.6 Å². The highest BCUT2D eigenvalue weighted by Crippen LogP contribution is 2.18. The Bertz CT molecular complexity index is 942. The number of amides is 1. The fourth-order valence-corrected chi connectivity index (χ4v) is 2.80. The summed E-state index contributed by atoms with van der Waals surface area (Å²) in [4.78, 5) is 20.0. The summed E-state index contributed by atoms with van der Waals surface area (Å²) < 4.78 is 0. The van der Waals surface area contributed by atoms with Crippen molar-refractivity contribution in [3.63, 3.8) is 0 Å². The van der Waals surface area contributed by atoms with Crippen molar-refractivity contribution in [3.8, 4) is 0 Å². The van der Waals surface area contributed by atoms with Crippen LogP contribution in [0, 0.1) is 6.92 Å². The first-order chi connectivity index (χ1) is 13.5. The van der Waals surface area contributed by atoms with E-state index in [4.69, 9.17) is 11.6 Å². The van der Waals surface area contributed by atoms with Gasteiger partial charge in [-0.05, 0) is 55.3 Å². The zero-order valence-corrected chi connectivity index (χ0v) is 16.5. The SMILES string of the molecule is CC(=O)Nc1ccc(Nc2nc(C)cc(NCCc3ccc(Cl)cc3)n2)cc1. The summed E-state index contributed by atoms with van der Waals surface area (Å²) >= 11 is 5.92. The zero-order valence-electron chi connectivity index (χ0n) is 15.8. The molecule has 0 fully saturated rings. The Morgan fingerprint density at radius 2 is 1.68 bits per heavy atom. The number of carbonyl (C=O) groups excluding carboxylic acids is 1. The molecule has 3 N–H and O–H groups in total. The maximum absolute atomic E-state index is 11.1. The van der Waals surface area contributed by atoms with Crippen LogP contribution in [0.4, 0.5) is 23.1 Å². The van der Waals surface area contributed by atoms with Gasteiger partial charge < -0.3 is 16.0 Å². The van der Waals surface area contributed by atoms with Crippen LogP contribution in [0.25, 0.3) is 0 Å². The van der Waals surface area contributed by atoms with Gasteiger partial charge in [-0.2, -0.15) is 4.98 Å². The zero-order chi connectivity index (χ0) is 19.9. The van der Waals surface area contributed by atoms with Gasteiger partial charge in [0.2, 0.25) is 11.9 Å². The van der Waals surface area contributed by atoms with E-state index in [1.807, 2.05) is 61.5 Å². The van der Waals surface area contributed by atoms with Crippen LogP contribution in [-0.2, 0) is 11.2 Å². The molecule has 0 saturated carbocycles. The predicted octanol–water partition coefficient (Wildman–Crippen LogP) is 4.80. The number of aryl methyl sites for hydroxylation is 1. The van der Waals surface area contributed by atoms with Crippen LogP contribution in [0.5, 0.6) is 0 Å². The van der Waals surface area contributed by atoms with E-state index >= 15 is 0 Å². The van der Waals surface area contributed by atoms with Crippen LogP contribution in [0.15, 0.2) is 54.6 Å². The summed E-state index contributed by atoms with van der Waals surface area (Å²) in [6.07, 6.45) is 0.869. The van der Waals surface area contributed by atoms with Crippen molar-refractivity contribution in [2.24, 2.45) is 0 Å². The minimum absolute atomic E-state index is 0.1000. The maximum Gasteiger partial charge on any atom is 0.229 e. The van der Waals surface area contributed by atoms with Crippen LogP contribution < -0.4 is 16.0 Å². The molecule has 1 amide bonds. The number of carbonyl (C=O) groups is 1.